The summed E-state index contributed by atoms with van der Waals surface area (Å²) in [5.41, 5.74) is 5.29. The molecule has 4 aromatic rings. The van der Waals surface area contributed by atoms with Crippen LogP contribution in [0.25, 0.3) is 22.2 Å². The zero-order chi connectivity index (χ0) is 26.6. The van der Waals surface area contributed by atoms with Crippen LogP contribution in [0, 0.1) is 18.3 Å². The van der Waals surface area contributed by atoms with E-state index in [9.17, 15) is 4.79 Å². The molecule has 2 aliphatic rings. The minimum atomic E-state index is 0.160. The first-order valence-corrected chi connectivity index (χ1v) is 13.4. The lowest BCUT2D eigenvalue weighted by Gasteiger charge is -2.13. The minimum Gasteiger partial charge on any atom is -0.465 e. The molecule has 0 aliphatic heterocycles. The number of ether oxygens (including phenoxy) is 2. The van der Waals surface area contributed by atoms with Crippen LogP contribution in [-0.4, -0.2) is 34.2 Å². The fraction of sp³-hybridized carbons (Fsp3) is 0.300. The third-order valence-corrected chi connectivity index (χ3v) is 7.41. The van der Waals surface area contributed by atoms with Gasteiger partial charge in [-0.05, 0) is 74.2 Å². The van der Waals surface area contributed by atoms with Gasteiger partial charge in [0.05, 0.1) is 16.8 Å². The van der Waals surface area contributed by atoms with Gasteiger partial charge in [0, 0.05) is 48.2 Å². The second kappa shape index (κ2) is 11.2. The molecule has 2 atom stereocenters. The van der Waals surface area contributed by atoms with Gasteiger partial charge in [-0.25, -0.2) is 9.97 Å². The van der Waals surface area contributed by atoms with E-state index in [1.54, 1.807) is 18.5 Å². The molecule has 7 nitrogen and oxygen atoms in total. The van der Waals surface area contributed by atoms with Crippen molar-refractivity contribution in [2.75, 3.05) is 12.4 Å². The van der Waals surface area contributed by atoms with E-state index in [-0.39, 0.29) is 6.10 Å². The maximum absolute atomic E-state index is 9.73. The second-order valence-corrected chi connectivity index (χ2v) is 10.2. The topological polar surface area (TPSA) is 78.3 Å². The number of nitrogens with one attached hydrogen (secondary N) is 1. The number of hydrogen-bond donors (Lipinski definition) is 1. The standard InChI is InChI=1S/C24H21N4OP.C6H10O2/c1-3-18-19-9-8-17(29-24-26-11-4-12-27-24)14-21(19)28(16-6-7-16)23(18)15-5-10-20(25-2)22(30)13-15;1-5(8-4-7)6-2-3-6/h1,4-5,8-14,16,25H,6-7,30H2,2H3;4-6H,2-3H2,1H3/t;5-/m.1/s1. The summed E-state index contributed by atoms with van der Waals surface area (Å²) in [4.78, 5) is 18.0. The molecule has 2 aromatic heterocycles. The lowest BCUT2D eigenvalue weighted by atomic mass is 10.0. The number of rotatable bonds is 8. The van der Waals surface area contributed by atoms with Crippen LogP contribution in [0.15, 0.2) is 54.9 Å². The Morgan fingerprint density at radius 2 is 1.92 bits per heavy atom. The molecule has 1 unspecified atom stereocenters. The molecule has 38 heavy (non-hydrogen) atoms. The highest BCUT2D eigenvalue weighted by atomic mass is 31.0. The Bertz CT molecular complexity index is 1490. The van der Waals surface area contributed by atoms with Crippen LogP contribution >= 0.6 is 9.24 Å². The van der Waals surface area contributed by atoms with Crippen molar-refractivity contribution in [2.45, 2.75) is 44.8 Å². The lowest BCUT2D eigenvalue weighted by molar-refractivity contribution is -0.133. The summed E-state index contributed by atoms with van der Waals surface area (Å²) in [6.07, 6.45) is 14.3. The predicted molar refractivity (Wildman–Crippen MR) is 154 cm³/mol. The van der Waals surface area contributed by atoms with Gasteiger partial charge in [-0.2, -0.15) is 0 Å². The summed E-state index contributed by atoms with van der Waals surface area (Å²) in [6.45, 7) is 2.47. The van der Waals surface area contributed by atoms with Crippen LogP contribution < -0.4 is 15.4 Å². The summed E-state index contributed by atoms with van der Waals surface area (Å²) in [5, 5.41) is 5.38. The number of aromatic nitrogens is 3. The van der Waals surface area contributed by atoms with Crippen molar-refractivity contribution in [1.29, 1.82) is 0 Å². The third-order valence-electron chi connectivity index (χ3n) is 6.93. The van der Waals surface area contributed by atoms with E-state index < -0.39 is 0 Å². The summed E-state index contributed by atoms with van der Waals surface area (Å²) >= 11 is 0. The van der Waals surface area contributed by atoms with Gasteiger partial charge in [0.15, 0.2) is 0 Å². The van der Waals surface area contributed by atoms with Gasteiger partial charge < -0.3 is 19.4 Å². The molecule has 2 fully saturated rings. The zero-order valence-corrected chi connectivity index (χ0v) is 22.7. The fourth-order valence-electron chi connectivity index (χ4n) is 4.64. The third kappa shape index (κ3) is 5.51. The van der Waals surface area contributed by atoms with Crippen LogP contribution in [-0.2, 0) is 9.53 Å². The van der Waals surface area contributed by atoms with Crippen molar-refractivity contribution < 1.29 is 14.3 Å². The Kier molecular flexibility index (Phi) is 7.62. The Morgan fingerprint density at radius 3 is 2.53 bits per heavy atom. The molecule has 0 radical (unpaired) electrons. The molecule has 2 aromatic carbocycles. The quantitative estimate of drug-likeness (QED) is 0.180. The summed E-state index contributed by atoms with van der Waals surface area (Å²) in [7, 11) is 4.73. The number of fused-ring (bicyclic) bond motifs is 1. The number of nitrogens with zero attached hydrogens (tertiary/aromatic N) is 3. The lowest BCUT2D eigenvalue weighted by Crippen LogP contribution is -2.08. The maximum Gasteiger partial charge on any atom is 0.321 e. The fourth-order valence-corrected chi connectivity index (χ4v) is 5.06. The highest BCUT2D eigenvalue weighted by Gasteiger charge is 2.31. The molecular weight excluding hydrogens is 495 g/mol. The molecule has 0 amide bonds. The van der Waals surface area contributed by atoms with E-state index >= 15 is 0 Å². The molecule has 2 aliphatic carbocycles. The van der Waals surface area contributed by atoms with Gasteiger partial charge in [0.25, 0.3) is 6.47 Å². The number of carbonyl (C=O) groups is 1. The Balaban J connectivity index is 0.000000316. The van der Waals surface area contributed by atoms with Crippen LogP contribution in [0.3, 0.4) is 0 Å². The first kappa shape index (κ1) is 25.8. The van der Waals surface area contributed by atoms with Crippen molar-refractivity contribution in [2.24, 2.45) is 5.92 Å². The first-order chi connectivity index (χ1) is 18.5. The zero-order valence-electron chi connectivity index (χ0n) is 21.6. The van der Waals surface area contributed by atoms with Crippen LogP contribution in [0.1, 0.15) is 44.2 Å². The maximum atomic E-state index is 9.73. The van der Waals surface area contributed by atoms with E-state index in [1.807, 2.05) is 32.2 Å². The second-order valence-electron chi connectivity index (χ2n) is 9.61. The summed E-state index contributed by atoms with van der Waals surface area (Å²) in [5.74, 6) is 4.31. The average Bonchev–Trinajstić information content (AvgIpc) is 3.86. The Labute approximate surface area is 225 Å². The van der Waals surface area contributed by atoms with Crippen molar-refractivity contribution in [3.63, 3.8) is 0 Å². The van der Waals surface area contributed by atoms with Crippen molar-refractivity contribution in [3.05, 3.63) is 60.4 Å². The van der Waals surface area contributed by atoms with Gasteiger partial charge in [0.2, 0.25) is 0 Å². The van der Waals surface area contributed by atoms with Crippen LogP contribution in [0.4, 0.5) is 5.69 Å². The molecule has 1 N–H and O–H groups in total. The molecule has 2 saturated carbocycles. The van der Waals surface area contributed by atoms with Gasteiger partial charge in [-0.1, -0.05) is 12.0 Å². The van der Waals surface area contributed by atoms with E-state index in [1.165, 1.54) is 12.8 Å². The van der Waals surface area contributed by atoms with E-state index in [0.29, 0.717) is 30.2 Å². The minimum absolute atomic E-state index is 0.160. The number of terminal acetylenes is 1. The molecule has 6 rings (SSSR count). The SMILES string of the molecule is C#Cc1c(-c2ccc(NC)c(P)c2)n(C2CC2)c2cc(Oc3ncccn3)ccc12.C[C@@H](OC=O)C1CC1. The Morgan fingerprint density at radius 1 is 1.16 bits per heavy atom. The molecular formula is C30H31N4O3P. The predicted octanol–water partition coefficient (Wildman–Crippen LogP) is 5.71. The largest absolute Gasteiger partial charge is 0.465 e. The van der Waals surface area contributed by atoms with E-state index in [0.717, 1.165) is 51.6 Å². The highest BCUT2D eigenvalue weighted by Crippen LogP contribution is 2.45. The number of anilines is 1. The normalized spacial score (nSPS) is 15.1. The first-order valence-electron chi connectivity index (χ1n) is 12.8. The molecule has 0 saturated heterocycles. The van der Waals surface area contributed by atoms with Crippen LogP contribution in [0.5, 0.6) is 11.8 Å². The van der Waals surface area contributed by atoms with Gasteiger partial charge in [0.1, 0.15) is 11.9 Å². The molecule has 194 valence electrons. The van der Waals surface area contributed by atoms with Gasteiger partial charge >= 0.3 is 6.01 Å². The summed E-state index contributed by atoms with van der Waals surface area (Å²) in [6, 6.07) is 14.9. The van der Waals surface area contributed by atoms with Crippen LogP contribution in [0.2, 0.25) is 0 Å². The Hall–Kier alpha value is -3.88. The highest BCUT2D eigenvalue weighted by molar-refractivity contribution is 7.28. The number of benzene rings is 2. The van der Waals surface area contributed by atoms with E-state index in [2.05, 4.69) is 57.9 Å². The van der Waals surface area contributed by atoms with Gasteiger partial charge in [-0.15, -0.1) is 15.7 Å². The summed E-state index contributed by atoms with van der Waals surface area (Å²) < 4.78 is 12.9. The molecule has 0 spiro atoms. The van der Waals surface area contributed by atoms with Crippen molar-refractivity contribution >= 4 is 37.6 Å². The van der Waals surface area contributed by atoms with E-state index in [4.69, 9.17) is 11.2 Å². The number of carbonyl (C=O) groups excluding carboxylic acids is 1. The average molecular weight is 527 g/mol. The molecule has 2 heterocycles. The molecule has 8 heteroatoms. The van der Waals surface area contributed by atoms with Gasteiger partial charge in [-0.3, -0.25) is 4.79 Å². The monoisotopic (exact) mass is 526 g/mol. The smallest absolute Gasteiger partial charge is 0.321 e. The van der Waals surface area contributed by atoms with Crippen molar-refractivity contribution in [3.8, 4) is 35.4 Å². The molecule has 0 bridgehead atoms. The van der Waals surface area contributed by atoms with Crippen molar-refractivity contribution in [1.82, 2.24) is 14.5 Å². The number of hydrogen-bond acceptors (Lipinski definition) is 6.